The molecule has 1 aliphatic heterocycles. The van der Waals surface area contributed by atoms with Gasteiger partial charge in [-0.2, -0.15) is 21.6 Å². The van der Waals surface area contributed by atoms with Crippen molar-refractivity contribution in [3.8, 4) is 0 Å². The van der Waals surface area contributed by atoms with Gasteiger partial charge in [0.05, 0.1) is 31.5 Å². The molecule has 114 valence electrons. The van der Waals surface area contributed by atoms with E-state index in [1.54, 1.807) is 4.72 Å². The lowest BCUT2D eigenvalue weighted by molar-refractivity contribution is -0.114. The van der Waals surface area contributed by atoms with E-state index in [0.717, 1.165) is 0 Å². The van der Waals surface area contributed by atoms with Crippen LogP contribution in [0.5, 0.6) is 0 Å². The topological polar surface area (TPSA) is 159 Å². The van der Waals surface area contributed by atoms with Gasteiger partial charge in [0.2, 0.25) is 0 Å². The molecule has 0 amide bonds. The van der Waals surface area contributed by atoms with E-state index in [0.29, 0.717) is 0 Å². The van der Waals surface area contributed by atoms with Crippen LogP contribution in [-0.2, 0) is 29.6 Å². The molecule has 4 atom stereocenters. The molecule has 2 unspecified atom stereocenters. The minimum atomic E-state index is -4.62. The van der Waals surface area contributed by atoms with Crippen molar-refractivity contribution in [3.63, 3.8) is 0 Å². The molecule has 1 aliphatic rings. The fourth-order valence-electron chi connectivity index (χ4n) is 1.71. The highest BCUT2D eigenvalue weighted by molar-refractivity contribution is 7.83. The van der Waals surface area contributed by atoms with Crippen LogP contribution in [0.2, 0.25) is 0 Å². The third kappa shape index (κ3) is 5.66. The molecule has 0 saturated carbocycles. The first-order valence-electron chi connectivity index (χ1n) is 5.16. The Balaban J connectivity index is 2.62. The van der Waals surface area contributed by atoms with Gasteiger partial charge in [-0.15, -0.1) is 0 Å². The van der Waals surface area contributed by atoms with Gasteiger partial charge in [0, 0.05) is 5.92 Å². The van der Waals surface area contributed by atoms with E-state index >= 15 is 0 Å². The Hall–Kier alpha value is -0.340. The Morgan fingerprint density at radius 2 is 1.89 bits per heavy atom. The van der Waals surface area contributed by atoms with Gasteiger partial charge in [0.1, 0.15) is 0 Å². The quantitative estimate of drug-likeness (QED) is 0.418. The molecular weight excluding hydrogens is 306 g/mol. The molecule has 10 nitrogen and oxygen atoms in total. The Morgan fingerprint density at radius 3 is 2.37 bits per heavy atom. The van der Waals surface area contributed by atoms with Gasteiger partial charge in [-0.3, -0.25) is 9.11 Å². The molecule has 0 aliphatic carbocycles. The SMILES string of the molecule is C[C@@H]1C(COS(=O)(=O)O)OCC(NS(=O)(=O)O)[C@@H]1O. The molecule has 1 saturated heterocycles. The molecule has 0 aromatic heterocycles. The van der Waals surface area contributed by atoms with Gasteiger partial charge in [-0.25, -0.2) is 4.18 Å². The maximum Gasteiger partial charge on any atom is 0.397 e. The van der Waals surface area contributed by atoms with Gasteiger partial charge < -0.3 is 9.84 Å². The fraction of sp³-hybridized carbons (Fsp3) is 1.00. The zero-order valence-electron chi connectivity index (χ0n) is 9.83. The predicted octanol–water partition coefficient (Wildman–Crippen LogP) is -2.04. The van der Waals surface area contributed by atoms with Crippen LogP contribution < -0.4 is 4.72 Å². The third-order valence-electron chi connectivity index (χ3n) is 2.71. The minimum absolute atomic E-state index is 0.287. The fourth-order valence-corrected chi connectivity index (χ4v) is 2.61. The third-order valence-corrected chi connectivity index (χ3v) is 3.74. The van der Waals surface area contributed by atoms with Crippen LogP contribution in [0.1, 0.15) is 6.92 Å². The number of hydrogen-bond acceptors (Lipinski definition) is 7. The van der Waals surface area contributed by atoms with Crippen LogP contribution in [0.3, 0.4) is 0 Å². The highest BCUT2D eigenvalue weighted by atomic mass is 32.3. The van der Waals surface area contributed by atoms with Crippen LogP contribution in [0.25, 0.3) is 0 Å². The first kappa shape index (κ1) is 16.7. The van der Waals surface area contributed by atoms with Crippen molar-refractivity contribution in [1.29, 1.82) is 0 Å². The van der Waals surface area contributed by atoms with Gasteiger partial charge in [-0.1, -0.05) is 6.92 Å². The molecular formula is C7H15NO9S2. The maximum atomic E-state index is 10.6. The van der Waals surface area contributed by atoms with Crippen molar-refractivity contribution in [3.05, 3.63) is 0 Å². The summed E-state index contributed by atoms with van der Waals surface area (Å²) >= 11 is 0. The van der Waals surface area contributed by atoms with E-state index in [-0.39, 0.29) is 6.61 Å². The average Bonchev–Trinajstić information content (AvgIpc) is 2.21. The normalized spacial score (nSPS) is 33.3. The van der Waals surface area contributed by atoms with Gasteiger partial charge in [0.25, 0.3) is 0 Å². The predicted molar refractivity (Wildman–Crippen MR) is 60.9 cm³/mol. The van der Waals surface area contributed by atoms with Crippen LogP contribution in [-0.4, -0.2) is 62.5 Å². The van der Waals surface area contributed by atoms with E-state index in [4.69, 9.17) is 13.8 Å². The summed E-state index contributed by atoms with van der Waals surface area (Å²) in [5.74, 6) is -0.685. The highest BCUT2D eigenvalue weighted by Gasteiger charge is 2.38. The van der Waals surface area contributed by atoms with E-state index in [1.165, 1.54) is 6.92 Å². The lowest BCUT2D eigenvalue weighted by Crippen LogP contribution is -2.56. The zero-order valence-corrected chi connectivity index (χ0v) is 11.5. The molecule has 4 N–H and O–H groups in total. The van der Waals surface area contributed by atoms with E-state index in [9.17, 15) is 21.9 Å². The Kier molecular flexibility index (Phi) is 5.25. The average molecular weight is 321 g/mol. The van der Waals surface area contributed by atoms with Crippen LogP contribution >= 0.6 is 0 Å². The second kappa shape index (κ2) is 5.97. The standard InChI is InChI=1S/C7H15NO9S2/c1-4-6(3-17-19(13,14)15)16-2-5(7(4)9)8-18(10,11)12/h4-9H,2-3H2,1H3,(H,10,11,12)(H,13,14,15)/t4-,5?,6?,7-/m1/s1. The molecule has 0 spiro atoms. The van der Waals surface area contributed by atoms with Crippen molar-refractivity contribution in [2.24, 2.45) is 5.92 Å². The summed E-state index contributed by atoms with van der Waals surface area (Å²) in [4.78, 5) is 0. The molecule has 1 fully saturated rings. The number of ether oxygens (including phenoxy) is 1. The molecule has 1 heterocycles. The molecule has 19 heavy (non-hydrogen) atoms. The Labute approximate surface area is 110 Å². The number of rotatable bonds is 5. The van der Waals surface area contributed by atoms with Crippen molar-refractivity contribution < 1.29 is 40.0 Å². The molecule has 0 aromatic carbocycles. The second-order valence-corrected chi connectivity index (χ2v) is 6.41. The number of hydrogen-bond donors (Lipinski definition) is 4. The van der Waals surface area contributed by atoms with E-state index < -0.39 is 51.5 Å². The summed E-state index contributed by atoms with van der Waals surface area (Å²) in [7, 11) is -9.11. The Morgan fingerprint density at radius 1 is 1.32 bits per heavy atom. The molecule has 1 rings (SSSR count). The van der Waals surface area contributed by atoms with E-state index in [2.05, 4.69) is 4.18 Å². The smallest absolute Gasteiger partial charge is 0.391 e. The van der Waals surface area contributed by atoms with Gasteiger partial charge in [0.15, 0.2) is 0 Å². The maximum absolute atomic E-state index is 10.6. The van der Waals surface area contributed by atoms with Gasteiger partial charge in [-0.05, 0) is 0 Å². The van der Waals surface area contributed by atoms with Crippen LogP contribution in [0, 0.1) is 5.92 Å². The van der Waals surface area contributed by atoms with Crippen LogP contribution in [0.15, 0.2) is 0 Å². The van der Waals surface area contributed by atoms with Crippen LogP contribution in [0.4, 0.5) is 0 Å². The second-order valence-electron chi connectivity index (χ2n) is 4.13. The number of aliphatic hydroxyl groups excluding tert-OH is 1. The summed E-state index contributed by atoms with van der Waals surface area (Å²) in [6, 6.07) is -1.06. The lowest BCUT2D eigenvalue weighted by Gasteiger charge is -2.37. The highest BCUT2D eigenvalue weighted by Crippen LogP contribution is 2.22. The molecule has 0 aromatic rings. The van der Waals surface area contributed by atoms with Crippen molar-refractivity contribution in [2.45, 2.75) is 25.2 Å². The number of nitrogens with one attached hydrogen (secondary N) is 1. The molecule has 0 bridgehead atoms. The van der Waals surface area contributed by atoms with Gasteiger partial charge >= 0.3 is 20.7 Å². The van der Waals surface area contributed by atoms with Crippen molar-refractivity contribution in [2.75, 3.05) is 13.2 Å². The zero-order chi connectivity index (χ0) is 14.8. The largest absolute Gasteiger partial charge is 0.397 e. The van der Waals surface area contributed by atoms with E-state index in [1.807, 2.05) is 0 Å². The Bertz CT molecular complexity index is 499. The summed E-state index contributed by atoms with van der Waals surface area (Å²) in [5.41, 5.74) is 0. The summed E-state index contributed by atoms with van der Waals surface area (Å²) in [6.07, 6.45) is -2.07. The first-order valence-corrected chi connectivity index (χ1v) is 7.96. The number of aliphatic hydroxyl groups is 1. The summed E-state index contributed by atoms with van der Waals surface area (Å²) < 4.78 is 70.1. The molecule has 12 heteroatoms. The molecule has 0 radical (unpaired) electrons. The monoisotopic (exact) mass is 321 g/mol. The van der Waals surface area contributed by atoms with Crippen molar-refractivity contribution in [1.82, 2.24) is 4.72 Å². The van der Waals surface area contributed by atoms with Crippen molar-refractivity contribution >= 4 is 20.7 Å². The minimum Gasteiger partial charge on any atom is -0.391 e. The first-order chi connectivity index (χ1) is 8.49. The lowest BCUT2D eigenvalue weighted by atomic mass is 9.91. The summed E-state index contributed by atoms with van der Waals surface area (Å²) in [5, 5.41) is 9.82. The summed E-state index contributed by atoms with van der Waals surface area (Å²) in [6.45, 7) is 0.668.